The second-order valence-electron chi connectivity index (χ2n) is 5.36. The van der Waals surface area contributed by atoms with Crippen LogP contribution in [0.15, 0.2) is 12.7 Å². The summed E-state index contributed by atoms with van der Waals surface area (Å²) in [5, 5.41) is 16.3. The summed E-state index contributed by atoms with van der Waals surface area (Å²) in [6.07, 6.45) is 1.67. The molecule has 0 aliphatic heterocycles. The number of urea groups is 1. The van der Waals surface area contributed by atoms with Crippen LogP contribution in [0.5, 0.6) is 0 Å². The molecule has 1 atom stereocenters. The van der Waals surface area contributed by atoms with Gasteiger partial charge in [0.15, 0.2) is 0 Å². The molecular weight excluding hydrogens is 262 g/mol. The summed E-state index contributed by atoms with van der Waals surface area (Å²) in [4.78, 5) is 33.7. The molecule has 7 heteroatoms. The highest BCUT2D eigenvalue weighted by Gasteiger charge is 2.18. The Morgan fingerprint density at radius 3 is 2.35 bits per heavy atom. The molecule has 0 aliphatic carbocycles. The number of nitrogens with one attached hydrogen (secondary N) is 3. The number of amides is 3. The first-order valence-corrected chi connectivity index (χ1v) is 6.35. The van der Waals surface area contributed by atoms with Crippen molar-refractivity contribution in [1.29, 1.82) is 0 Å². The molecule has 0 radical (unpaired) electrons. The number of aliphatic carboxylic acids is 1. The van der Waals surface area contributed by atoms with E-state index in [0.29, 0.717) is 0 Å². The number of hydrogen-bond acceptors (Lipinski definition) is 3. The highest BCUT2D eigenvalue weighted by molar-refractivity contribution is 5.83. The van der Waals surface area contributed by atoms with Crippen LogP contribution < -0.4 is 16.0 Å². The topological polar surface area (TPSA) is 108 Å². The van der Waals surface area contributed by atoms with Gasteiger partial charge in [-0.3, -0.25) is 4.79 Å². The molecule has 0 aromatic heterocycles. The first-order valence-electron chi connectivity index (χ1n) is 6.35. The van der Waals surface area contributed by atoms with Crippen LogP contribution in [0.4, 0.5) is 4.79 Å². The standard InChI is InChI=1S/C13H23N3O4/c1-5-6-9(11(18)19)15-12(20)14-8-7-10(17)16-13(2,3)4/h5,9H,1,6-8H2,2-4H3,(H,16,17)(H,18,19)(H2,14,15,20). The van der Waals surface area contributed by atoms with Gasteiger partial charge >= 0.3 is 12.0 Å². The molecular formula is C13H23N3O4. The maximum Gasteiger partial charge on any atom is 0.326 e. The van der Waals surface area contributed by atoms with E-state index < -0.39 is 18.0 Å². The Morgan fingerprint density at radius 2 is 1.90 bits per heavy atom. The maximum atomic E-state index is 11.5. The van der Waals surface area contributed by atoms with E-state index in [9.17, 15) is 14.4 Å². The lowest BCUT2D eigenvalue weighted by atomic mass is 10.1. The lowest BCUT2D eigenvalue weighted by Crippen LogP contribution is -2.47. The number of hydrogen-bond donors (Lipinski definition) is 4. The molecule has 0 fully saturated rings. The van der Waals surface area contributed by atoms with Crippen molar-refractivity contribution >= 4 is 17.9 Å². The summed E-state index contributed by atoms with van der Waals surface area (Å²) in [5.41, 5.74) is -0.322. The predicted octanol–water partition coefficient (Wildman–Crippen LogP) is 0.620. The van der Waals surface area contributed by atoms with Crippen LogP contribution in [0.1, 0.15) is 33.6 Å². The lowest BCUT2D eigenvalue weighted by Gasteiger charge is -2.20. The van der Waals surface area contributed by atoms with Gasteiger partial charge in [0, 0.05) is 18.5 Å². The van der Waals surface area contributed by atoms with Crippen molar-refractivity contribution in [3.8, 4) is 0 Å². The van der Waals surface area contributed by atoms with E-state index in [1.165, 1.54) is 6.08 Å². The Morgan fingerprint density at radius 1 is 1.30 bits per heavy atom. The molecule has 1 unspecified atom stereocenters. The summed E-state index contributed by atoms with van der Waals surface area (Å²) in [6.45, 7) is 9.13. The highest BCUT2D eigenvalue weighted by Crippen LogP contribution is 1.98. The SMILES string of the molecule is C=CCC(NC(=O)NCCC(=O)NC(C)(C)C)C(=O)O. The average Bonchev–Trinajstić information content (AvgIpc) is 2.25. The van der Waals surface area contributed by atoms with Crippen molar-refractivity contribution in [2.45, 2.75) is 45.2 Å². The fourth-order valence-corrected chi connectivity index (χ4v) is 1.37. The van der Waals surface area contributed by atoms with Crippen molar-refractivity contribution in [2.75, 3.05) is 6.54 Å². The van der Waals surface area contributed by atoms with E-state index in [2.05, 4.69) is 22.5 Å². The Hall–Kier alpha value is -2.05. The number of carbonyl (C=O) groups excluding carboxylic acids is 2. The third-order valence-electron chi connectivity index (χ3n) is 2.16. The molecule has 20 heavy (non-hydrogen) atoms. The van der Waals surface area contributed by atoms with E-state index in [1.807, 2.05) is 20.8 Å². The van der Waals surface area contributed by atoms with E-state index >= 15 is 0 Å². The van der Waals surface area contributed by atoms with E-state index in [1.54, 1.807) is 0 Å². The van der Waals surface area contributed by atoms with Crippen LogP contribution in [-0.2, 0) is 9.59 Å². The van der Waals surface area contributed by atoms with Gasteiger partial charge < -0.3 is 21.1 Å². The van der Waals surface area contributed by atoms with Gasteiger partial charge in [-0.1, -0.05) is 6.08 Å². The maximum absolute atomic E-state index is 11.5. The van der Waals surface area contributed by atoms with Gasteiger partial charge in [0.25, 0.3) is 0 Å². The lowest BCUT2D eigenvalue weighted by molar-refractivity contribution is -0.139. The highest BCUT2D eigenvalue weighted by atomic mass is 16.4. The fourth-order valence-electron chi connectivity index (χ4n) is 1.37. The minimum atomic E-state index is -1.13. The first kappa shape index (κ1) is 17.9. The van der Waals surface area contributed by atoms with Gasteiger partial charge in [-0.05, 0) is 27.2 Å². The zero-order chi connectivity index (χ0) is 15.8. The van der Waals surface area contributed by atoms with E-state index in [-0.39, 0.29) is 30.8 Å². The minimum Gasteiger partial charge on any atom is -0.480 e. The molecule has 0 bridgehead atoms. The molecule has 0 rings (SSSR count). The predicted molar refractivity (Wildman–Crippen MR) is 75.3 cm³/mol. The van der Waals surface area contributed by atoms with Gasteiger partial charge in [-0.25, -0.2) is 9.59 Å². The third kappa shape index (κ3) is 8.96. The van der Waals surface area contributed by atoms with E-state index in [0.717, 1.165) is 0 Å². The summed E-state index contributed by atoms with van der Waals surface area (Å²) in [5.74, 6) is -1.32. The number of carboxylic acid groups (broad SMARTS) is 1. The molecule has 0 saturated heterocycles. The van der Waals surface area contributed by atoms with Crippen molar-refractivity contribution in [1.82, 2.24) is 16.0 Å². The van der Waals surface area contributed by atoms with Crippen LogP contribution in [0, 0.1) is 0 Å². The third-order valence-corrected chi connectivity index (χ3v) is 2.16. The fraction of sp³-hybridized carbons (Fsp3) is 0.615. The van der Waals surface area contributed by atoms with Gasteiger partial charge in [-0.15, -0.1) is 6.58 Å². The first-order chi connectivity index (χ1) is 9.15. The van der Waals surface area contributed by atoms with Gasteiger partial charge in [0.1, 0.15) is 6.04 Å². The second kappa shape index (κ2) is 8.19. The number of rotatable bonds is 7. The summed E-state index contributed by atoms with van der Waals surface area (Å²) in [7, 11) is 0. The smallest absolute Gasteiger partial charge is 0.326 e. The van der Waals surface area contributed by atoms with Crippen molar-refractivity contribution in [2.24, 2.45) is 0 Å². The number of carbonyl (C=O) groups is 3. The molecule has 0 aromatic carbocycles. The van der Waals surface area contributed by atoms with Crippen LogP contribution in [0.25, 0.3) is 0 Å². The van der Waals surface area contributed by atoms with Gasteiger partial charge in [-0.2, -0.15) is 0 Å². The van der Waals surface area contributed by atoms with Gasteiger partial charge in [0.2, 0.25) is 5.91 Å². The molecule has 0 heterocycles. The molecule has 114 valence electrons. The zero-order valence-corrected chi connectivity index (χ0v) is 12.2. The average molecular weight is 285 g/mol. The van der Waals surface area contributed by atoms with Crippen LogP contribution in [0.3, 0.4) is 0 Å². The van der Waals surface area contributed by atoms with Crippen LogP contribution in [-0.4, -0.2) is 41.1 Å². The minimum absolute atomic E-state index is 0.129. The van der Waals surface area contributed by atoms with Gasteiger partial charge in [0.05, 0.1) is 0 Å². The molecule has 7 nitrogen and oxygen atoms in total. The van der Waals surface area contributed by atoms with E-state index in [4.69, 9.17) is 5.11 Å². The zero-order valence-electron chi connectivity index (χ0n) is 12.2. The van der Waals surface area contributed by atoms with Crippen molar-refractivity contribution in [3.63, 3.8) is 0 Å². The molecule has 3 amide bonds. The Bertz CT molecular complexity index is 374. The Labute approximate surface area is 118 Å². The Kier molecular flexibility index (Phi) is 7.35. The normalized spacial score (nSPS) is 12.2. The number of carboxylic acids is 1. The summed E-state index contributed by atoms with van der Waals surface area (Å²) in [6, 6.07) is -1.64. The van der Waals surface area contributed by atoms with Crippen LogP contribution >= 0.6 is 0 Å². The Balaban J connectivity index is 4.02. The molecule has 0 aliphatic rings. The van der Waals surface area contributed by atoms with Crippen LogP contribution in [0.2, 0.25) is 0 Å². The monoisotopic (exact) mass is 285 g/mol. The molecule has 0 saturated carbocycles. The second-order valence-corrected chi connectivity index (χ2v) is 5.36. The molecule has 0 aromatic rings. The van der Waals surface area contributed by atoms with Crippen molar-refractivity contribution in [3.05, 3.63) is 12.7 Å². The summed E-state index contributed by atoms with van der Waals surface area (Å²) >= 11 is 0. The largest absolute Gasteiger partial charge is 0.480 e. The molecule has 4 N–H and O–H groups in total. The summed E-state index contributed by atoms with van der Waals surface area (Å²) < 4.78 is 0. The van der Waals surface area contributed by atoms with Crippen molar-refractivity contribution < 1.29 is 19.5 Å². The quantitative estimate of drug-likeness (QED) is 0.514. The molecule has 0 spiro atoms.